The summed E-state index contributed by atoms with van der Waals surface area (Å²) in [6.07, 6.45) is 1.09. The van der Waals surface area contributed by atoms with Crippen LogP contribution in [0.15, 0.2) is 6.07 Å². The van der Waals surface area contributed by atoms with E-state index < -0.39 is 0 Å². The lowest BCUT2D eigenvalue weighted by molar-refractivity contribution is 0.108. The van der Waals surface area contributed by atoms with Gasteiger partial charge >= 0.3 is 0 Å². The highest BCUT2D eigenvalue weighted by Crippen LogP contribution is 2.32. The van der Waals surface area contributed by atoms with Gasteiger partial charge in [0.05, 0.1) is 4.88 Å². The molecule has 1 aliphatic heterocycles. The van der Waals surface area contributed by atoms with Crippen molar-refractivity contribution in [3.63, 3.8) is 0 Å². The van der Waals surface area contributed by atoms with Crippen LogP contribution < -0.4 is 0 Å². The minimum absolute atomic E-state index is 0.320. The number of thiophene rings is 1. The van der Waals surface area contributed by atoms with Crippen LogP contribution in [0.3, 0.4) is 0 Å². The summed E-state index contributed by atoms with van der Waals surface area (Å²) in [6, 6.07) is 1.93. The highest BCUT2D eigenvalue weighted by molar-refractivity contribution is 7.98. The van der Waals surface area contributed by atoms with E-state index in [1.807, 2.05) is 17.8 Å². The molecule has 0 spiro atoms. The lowest BCUT2D eigenvalue weighted by Gasteiger charge is -2.08. The molecular weight excluding hydrogens is 212 g/mol. The Labute approximate surface area is 84.1 Å². The van der Waals surface area contributed by atoms with Gasteiger partial charge in [-0.2, -0.15) is 11.8 Å². The molecule has 2 heterocycles. The van der Waals surface area contributed by atoms with Gasteiger partial charge in [0.1, 0.15) is 0 Å². The number of hydrogen-bond donors (Lipinski definition) is 0. The van der Waals surface area contributed by atoms with Crippen LogP contribution in [0.2, 0.25) is 0 Å². The van der Waals surface area contributed by atoms with Crippen molar-refractivity contribution in [1.29, 1.82) is 0 Å². The molecule has 0 amide bonds. The zero-order chi connectivity index (χ0) is 8.55. The van der Waals surface area contributed by atoms with Crippen LogP contribution >= 0.6 is 34.7 Å². The Morgan fingerprint density at radius 2 is 2.42 bits per heavy atom. The van der Waals surface area contributed by atoms with Crippen molar-refractivity contribution in [1.82, 2.24) is 0 Å². The van der Waals surface area contributed by atoms with Gasteiger partial charge < -0.3 is 0 Å². The third-order valence-electron chi connectivity index (χ3n) is 1.82. The Hall–Kier alpha value is 0.01000. The molecule has 4 heteroatoms. The van der Waals surface area contributed by atoms with Gasteiger partial charge in [-0.1, -0.05) is 0 Å². The third kappa shape index (κ3) is 1.53. The predicted octanol–water partition coefficient (Wildman–Crippen LogP) is 2.92. The Balaban J connectivity index is 2.38. The van der Waals surface area contributed by atoms with Crippen LogP contribution in [0.25, 0.3) is 0 Å². The van der Waals surface area contributed by atoms with E-state index in [1.165, 1.54) is 16.2 Å². The largest absolute Gasteiger partial charge is 0.275 e. The average Bonchev–Trinajstić information content (AvgIpc) is 2.46. The SMILES string of the molecule is O=C(Cl)c1cc2c(s1)CCSC2. The number of thioether (sulfide) groups is 1. The van der Waals surface area contributed by atoms with Crippen LogP contribution in [0.1, 0.15) is 20.1 Å². The fourth-order valence-corrected chi connectivity index (χ4v) is 3.62. The summed E-state index contributed by atoms with van der Waals surface area (Å²) >= 11 is 8.85. The van der Waals surface area contributed by atoms with Crippen molar-refractivity contribution in [2.24, 2.45) is 0 Å². The molecule has 0 fully saturated rings. The van der Waals surface area contributed by atoms with Crippen LogP contribution in [-0.2, 0) is 12.2 Å². The van der Waals surface area contributed by atoms with Gasteiger partial charge in [0, 0.05) is 10.6 Å². The van der Waals surface area contributed by atoms with E-state index in [0.29, 0.717) is 4.88 Å². The van der Waals surface area contributed by atoms with E-state index in [-0.39, 0.29) is 5.24 Å². The van der Waals surface area contributed by atoms with Crippen LogP contribution in [-0.4, -0.2) is 11.0 Å². The molecule has 0 saturated carbocycles. The van der Waals surface area contributed by atoms with Gasteiger partial charge in [0.2, 0.25) is 0 Å². The maximum atomic E-state index is 10.8. The van der Waals surface area contributed by atoms with Crippen molar-refractivity contribution >= 4 is 39.9 Å². The normalized spacial score (nSPS) is 15.8. The first kappa shape index (κ1) is 8.60. The summed E-state index contributed by atoms with van der Waals surface area (Å²) < 4.78 is 0. The topological polar surface area (TPSA) is 17.1 Å². The number of fused-ring (bicyclic) bond motifs is 1. The zero-order valence-electron chi connectivity index (χ0n) is 6.30. The maximum Gasteiger partial charge on any atom is 0.262 e. The monoisotopic (exact) mass is 218 g/mol. The van der Waals surface area contributed by atoms with E-state index in [9.17, 15) is 4.79 Å². The van der Waals surface area contributed by atoms with E-state index in [1.54, 1.807) is 11.3 Å². The van der Waals surface area contributed by atoms with Crippen molar-refractivity contribution < 1.29 is 4.79 Å². The second-order valence-electron chi connectivity index (χ2n) is 2.64. The molecule has 12 heavy (non-hydrogen) atoms. The zero-order valence-corrected chi connectivity index (χ0v) is 8.69. The second kappa shape index (κ2) is 3.40. The fourth-order valence-electron chi connectivity index (χ4n) is 1.24. The summed E-state index contributed by atoms with van der Waals surface area (Å²) in [5.41, 5.74) is 1.31. The quantitative estimate of drug-likeness (QED) is 0.675. The average molecular weight is 219 g/mol. The number of halogens is 1. The Bertz CT molecular complexity index is 295. The third-order valence-corrected chi connectivity index (χ3v) is 4.38. The minimum Gasteiger partial charge on any atom is -0.275 e. The first-order valence-corrected chi connectivity index (χ1v) is 6.01. The van der Waals surface area contributed by atoms with Gasteiger partial charge in [0.15, 0.2) is 0 Å². The molecule has 64 valence electrons. The number of hydrogen-bond acceptors (Lipinski definition) is 3. The Morgan fingerprint density at radius 1 is 1.58 bits per heavy atom. The molecule has 0 unspecified atom stereocenters. The number of aryl methyl sites for hydroxylation is 1. The fraction of sp³-hybridized carbons (Fsp3) is 0.375. The van der Waals surface area contributed by atoms with E-state index >= 15 is 0 Å². The number of rotatable bonds is 1. The molecule has 0 atom stereocenters. The minimum atomic E-state index is -0.320. The molecule has 0 radical (unpaired) electrons. The van der Waals surface area contributed by atoms with Gasteiger partial charge in [-0.3, -0.25) is 4.79 Å². The summed E-state index contributed by atoms with van der Waals surface area (Å²) in [4.78, 5) is 12.9. The standard InChI is InChI=1S/C8H7ClOS2/c9-8(10)7-3-5-4-11-2-1-6(5)12-7/h3H,1-2,4H2. The van der Waals surface area contributed by atoms with Crippen LogP contribution in [0.5, 0.6) is 0 Å². The summed E-state index contributed by atoms with van der Waals surface area (Å²) in [5.74, 6) is 2.21. The van der Waals surface area contributed by atoms with E-state index in [4.69, 9.17) is 11.6 Å². The van der Waals surface area contributed by atoms with Crippen molar-refractivity contribution in [3.8, 4) is 0 Å². The molecule has 0 N–H and O–H groups in total. The number of carbonyl (C=O) groups is 1. The smallest absolute Gasteiger partial charge is 0.262 e. The molecule has 1 aliphatic rings. The highest BCUT2D eigenvalue weighted by Gasteiger charge is 2.15. The first-order valence-electron chi connectivity index (χ1n) is 3.66. The molecule has 0 bridgehead atoms. The van der Waals surface area contributed by atoms with Gasteiger partial charge in [-0.05, 0) is 35.4 Å². The highest BCUT2D eigenvalue weighted by atomic mass is 35.5. The summed E-state index contributed by atoms with van der Waals surface area (Å²) in [7, 11) is 0. The molecule has 0 aromatic carbocycles. The predicted molar refractivity (Wildman–Crippen MR) is 54.4 cm³/mol. The molecule has 1 aromatic heterocycles. The molecule has 0 aliphatic carbocycles. The lowest BCUT2D eigenvalue weighted by atomic mass is 10.2. The van der Waals surface area contributed by atoms with Gasteiger partial charge in [-0.15, -0.1) is 11.3 Å². The summed E-state index contributed by atoms with van der Waals surface area (Å²) in [5, 5.41) is -0.320. The van der Waals surface area contributed by atoms with Gasteiger partial charge in [-0.25, -0.2) is 0 Å². The second-order valence-corrected chi connectivity index (χ2v) is 5.22. The van der Waals surface area contributed by atoms with E-state index in [0.717, 1.165) is 12.2 Å². The molecule has 1 nitrogen and oxygen atoms in total. The molecule has 0 saturated heterocycles. The maximum absolute atomic E-state index is 10.8. The Morgan fingerprint density at radius 3 is 3.08 bits per heavy atom. The molecule has 2 rings (SSSR count). The van der Waals surface area contributed by atoms with Gasteiger partial charge in [0.25, 0.3) is 5.24 Å². The van der Waals surface area contributed by atoms with Crippen molar-refractivity contribution in [2.45, 2.75) is 12.2 Å². The van der Waals surface area contributed by atoms with E-state index in [2.05, 4.69) is 0 Å². The first-order chi connectivity index (χ1) is 5.77. The Kier molecular flexibility index (Phi) is 2.44. The molecular formula is C8H7ClOS2. The lowest BCUT2D eigenvalue weighted by Crippen LogP contribution is -1.96. The summed E-state index contributed by atoms with van der Waals surface area (Å²) in [6.45, 7) is 0. The van der Waals surface area contributed by atoms with Crippen LogP contribution in [0.4, 0.5) is 0 Å². The van der Waals surface area contributed by atoms with Crippen LogP contribution in [0, 0.1) is 0 Å². The number of carbonyl (C=O) groups excluding carboxylic acids is 1. The van der Waals surface area contributed by atoms with Crippen molar-refractivity contribution in [2.75, 3.05) is 5.75 Å². The van der Waals surface area contributed by atoms with Crippen molar-refractivity contribution in [3.05, 3.63) is 21.4 Å². The molecule has 1 aromatic rings.